The molecule has 2 N–H and O–H groups in total. The van der Waals surface area contributed by atoms with Crippen LogP contribution >= 0.6 is 0 Å². The fraction of sp³-hybridized carbons (Fsp3) is 0.308. The van der Waals surface area contributed by atoms with Crippen molar-refractivity contribution in [3.05, 3.63) is 29.8 Å². The van der Waals surface area contributed by atoms with E-state index in [1.54, 1.807) is 0 Å². The molecule has 1 unspecified atom stereocenters. The predicted molar refractivity (Wildman–Crippen MR) is 65.2 cm³/mol. The number of primary amides is 1. The molecule has 0 spiro atoms. The number of aromatic nitrogens is 1. The van der Waals surface area contributed by atoms with E-state index in [4.69, 9.17) is 10.5 Å². The van der Waals surface area contributed by atoms with Crippen molar-refractivity contribution in [2.24, 2.45) is 5.73 Å². The number of hydrogen-bond acceptors (Lipinski definition) is 2. The first-order chi connectivity index (χ1) is 8.18. The second-order valence-corrected chi connectivity index (χ2v) is 4.43. The smallest absolute Gasteiger partial charge is 0.254 e. The molecule has 0 radical (unpaired) electrons. The lowest BCUT2D eigenvalue weighted by atomic mass is 10.1. The van der Waals surface area contributed by atoms with Crippen LogP contribution < -0.4 is 10.5 Å². The fourth-order valence-corrected chi connectivity index (χ4v) is 2.42. The molecule has 1 aliphatic heterocycles. The van der Waals surface area contributed by atoms with Gasteiger partial charge in [0.25, 0.3) is 5.91 Å². The third-order valence-corrected chi connectivity index (χ3v) is 3.24. The van der Waals surface area contributed by atoms with Gasteiger partial charge in [-0.05, 0) is 13.0 Å². The lowest BCUT2D eigenvalue weighted by molar-refractivity contribution is 0.0987. The number of carbonyl (C=O) groups is 1. The van der Waals surface area contributed by atoms with E-state index < -0.39 is 5.91 Å². The maximum atomic E-state index is 11.6. The number of nitrogens with zero attached hydrogens (tertiary/aromatic N) is 1. The van der Waals surface area contributed by atoms with Crippen LogP contribution in [0.2, 0.25) is 0 Å². The molecule has 1 atom stereocenters. The van der Waals surface area contributed by atoms with Gasteiger partial charge in [0, 0.05) is 18.4 Å². The molecule has 2 heterocycles. The van der Waals surface area contributed by atoms with Crippen molar-refractivity contribution in [2.75, 3.05) is 0 Å². The van der Waals surface area contributed by atoms with Crippen LogP contribution in [0.25, 0.3) is 10.9 Å². The van der Waals surface area contributed by atoms with Crippen molar-refractivity contribution in [3.63, 3.8) is 0 Å². The minimum absolute atomic E-state index is 0.130. The number of ether oxygens (including phenoxy) is 1. The summed E-state index contributed by atoms with van der Waals surface area (Å²) in [7, 11) is 0. The van der Waals surface area contributed by atoms with E-state index in [-0.39, 0.29) is 6.10 Å². The molecule has 2 aromatic rings. The highest BCUT2D eigenvalue weighted by Gasteiger charge is 2.26. The molecule has 3 rings (SSSR count). The van der Waals surface area contributed by atoms with Crippen LogP contribution in [0.1, 0.15) is 23.7 Å². The lowest BCUT2D eigenvalue weighted by Gasteiger charge is -2.23. The Labute approximate surface area is 99.0 Å². The maximum absolute atomic E-state index is 11.6. The summed E-state index contributed by atoms with van der Waals surface area (Å²) in [6.07, 6.45) is 1.08. The van der Waals surface area contributed by atoms with Gasteiger partial charge in [-0.2, -0.15) is 0 Å². The summed E-state index contributed by atoms with van der Waals surface area (Å²) < 4.78 is 7.81. The Bertz CT molecular complexity index is 601. The van der Waals surface area contributed by atoms with Gasteiger partial charge < -0.3 is 15.0 Å². The van der Waals surface area contributed by atoms with Gasteiger partial charge in [-0.1, -0.05) is 18.2 Å². The van der Waals surface area contributed by atoms with Crippen LogP contribution in [-0.2, 0) is 6.54 Å². The van der Waals surface area contributed by atoms with Gasteiger partial charge >= 0.3 is 0 Å². The van der Waals surface area contributed by atoms with Gasteiger partial charge in [-0.25, -0.2) is 0 Å². The quantitative estimate of drug-likeness (QED) is 0.813. The predicted octanol–water partition coefficient (Wildman–Crippen LogP) is 1.91. The Balaban J connectivity index is 2.36. The van der Waals surface area contributed by atoms with Gasteiger partial charge in [0.1, 0.15) is 5.56 Å². The summed E-state index contributed by atoms with van der Waals surface area (Å²) in [5.74, 6) is 0.196. The highest BCUT2D eigenvalue weighted by Crippen LogP contribution is 2.35. The number of amides is 1. The van der Waals surface area contributed by atoms with Crippen molar-refractivity contribution in [3.8, 4) is 5.88 Å². The van der Waals surface area contributed by atoms with E-state index in [0.29, 0.717) is 11.4 Å². The fourth-order valence-electron chi connectivity index (χ4n) is 2.42. The highest BCUT2D eigenvalue weighted by molar-refractivity contribution is 6.09. The summed E-state index contributed by atoms with van der Waals surface area (Å²) >= 11 is 0. The van der Waals surface area contributed by atoms with E-state index in [1.165, 1.54) is 0 Å². The summed E-state index contributed by atoms with van der Waals surface area (Å²) in [5, 5.41) is 0.879. The van der Waals surface area contributed by atoms with Crippen LogP contribution in [0.5, 0.6) is 5.88 Å². The first-order valence-electron chi connectivity index (χ1n) is 5.76. The van der Waals surface area contributed by atoms with E-state index in [2.05, 4.69) is 0 Å². The zero-order valence-electron chi connectivity index (χ0n) is 9.64. The molecule has 0 saturated heterocycles. The van der Waals surface area contributed by atoms with E-state index in [9.17, 15) is 4.79 Å². The van der Waals surface area contributed by atoms with E-state index >= 15 is 0 Å². The summed E-state index contributed by atoms with van der Waals surface area (Å²) in [5.41, 5.74) is 6.99. The van der Waals surface area contributed by atoms with Crippen LogP contribution in [0.3, 0.4) is 0 Å². The van der Waals surface area contributed by atoms with Crippen molar-refractivity contribution >= 4 is 16.8 Å². The lowest BCUT2D eigenvalue weighted by Crippen LogP contribution is -2.24. The summed E-state index contributed by atoms with van der Waals surface area (Å²) in [6.45, 7) is 2.87. The zero-order valence-corrected chi connectivity index (χ0v) is 9.64. The molecule has 0 saturated carbocycles. The number of hydrogen-bond donors (Lipinski definition) is 1. The van der Waals surface area contributed by atoms with Crippen LogP contribution in [-0.4, -0.2) is 16.6 Å². The second kappa shape index (κ2) is 3.52. The SMILES string of the molecule is CC1CCn2c(c(C(N)=O)c3ccccc32)O1. The second-order valence-electron chi connectivity index (χ2n) is 4.43. The van der Waals surface area contributed by atoms with Gasteiger partial charge in [0.05, 0.1) is 11.6 Å². The highest BCUT2D eigenvalue weighted by atomic mass is 16.5. The number of fused-ring (bicyclic) bond motifs is 3. The molecule has 0 fully saturated rings. The molecule has 1 aliphatic rings. The van der Waals surface area contributed by atoms with Crippen molar-refractivity contribution in [1.29, 1.82) is 0 Å². The molecule has 17 heavy (non-hydrogen) atoms. The van der Waals surface area contributed by atoms with Gasteiger partial charge in [0.15, 0.2) is 0 Å². The molecule has 1 amide bonds. The topological polar surface area (TPSA) is 57.2 Å². The zero-order chi connectivity index (χ0) is 12.0. The van der Waals surface area contributed by atoms with Gasteiger partial charge in [-0.15, -0.1) is 0 Å². The third-order valence-electron chi connectivity index (χ3n) is 3.24. The van der Waals surface area contributed by atoms with Crippen molar-refractivity contribution in [2.45, 2.75) is 26.0 Å². The first-order valence-corrected chi connectivity index (χ1v) is 5.76. The minimum Gasteiger partial charge on any atom is -0.475 e. The molecule has 88 valence electrons. The van der Waals surface area contributed by atoms with Crippen LogP contribution in [0.4, 0.5) is 0 Å². The molecular formula is C13H14N2O2. The average molecular weight is 230 g/mol. The van der Waals surface area contributed by atoms with Crippen LogP contribution in [0.15, 0.2) is 24.3 Å². The first kappa shape index (κ1) is 10.2. The number of para-hydroxylation sites is 1. The third kappa shape index (κ3) is 1.40. The van der Waals surface area contributed by atoms with E-state index in [1.807, 2.05) is 35.8 Å². The molecular weight excluding hydrogens is 216 g/mol. The Morgan fingerprint density at radius 3 is 3.00 bits per heavy atom. The number of rotatable bonds is 1. The molecule has 4 nitrogen and oxygen atoms in total. The molecule has 0 bridgehead atoms. The molecule has 1 aromatic carbocycles. The number of aryl methyl sites for hydroxylation is 1. The largest absolute Gasteiger partial charge is 0.475 e. The molecule has 1 aromatic heterocycles. The Morgan fingerprint density at radius 2 is 2.24 bits per heavy atom. The Morgan fingerprint density at radius 1 is 1.47 bits per heavy atom. The van der Waals surface area contributed by atoms with Gasteiger partial charge in [-0.3, -0.25) is 4.79 Å². The Hall–Kier alpha value is -1.97. The Kier molecular flexibility index (Phi) is 2.11. The summed E-state index contributed by atoms with van der Waals surface area (Å²) in [6, 6.07) is 7.77. The standard InChI is InChI=1S/C13H14N2O2/c1-8-6-7-15-10-5-3-2-4-9(10)11(12(14)16)13(15)17-8/h2-5,8H,6-7H2,1H3,(H2,14,16). The van der Waals surface area contributed by atoms with Crippen molar-refractivity contribution in [1.82, 2.24) is 4.57 Å². The number of benzene rings is 1. The van der Waals surface area contributed by atoms with Crippen LogP contribution in [0, 0.1) is 0 Å². The number of carbonyl (C=O) groups excluding carboxylic acids is 1. The van der Waals surface area contributed by atoms with Crippen molar-refractivity contribution < 1.29 is 9.53 Å². The van der Waals surface area contributed by atoms with Gasteiger partial charge in [0.2, 0.25) is 5.88 Å². The average Bonchev–Trinajstić information content (AvgIpc) is 2.62. The number of nitrogens with two attached hydrogens (primary N) is 1. The minimum atomic E-state index is -0.427. The monoisotopic (exact) mass is 230 g/mol. The maximum Gasteiger partial charge on any atom is 0.254 e. The van der Waals surface area contributed by atoms with E-state index in [0.717, 1.165) is 23.9 Å². The molecule has 0 aliphatic carbocycles. The summed E-state index contributed by atoms with van der Waals surface area (Å²) in [4.78, 5) is 11.6. The normalized spacial score (nSPS) is 18.8. The molecule has 4 heteroatoms.